The van der Waals surface area contributed by atoms with Crippen molar-refractivity contribution >= 4 is 51.6 Å². The second kappa shape index (κ2) is 10.2. The molecule has 5 rings (SSSR count). The van der Waals surface area contributed by atoms with Gasteiger partial charge in [0.2, 0.25) is 0 Å². The number of hydrogen-bond acceptors (Lipinski definition) is 4. The van der Waals surface area contributed by atoms with Crippen molar-refractivity contribution in [1.82, 2.24) is 9.55 Å². The summed E-state index contributed by atoms with van der Waals surface area (Å²) >= 11 is 3.52. The third kappa shape index (κ3) is 5.23. The van der Waals surface area contributed by atoms with E-state index in [2.05, 4.69) is 87.0 Å². The minimum absolute atomic E-state index is 0.00621. The Bertz CT molecular complexity index is 1530. The summed E-state index contributed by atoms with van der Waals surface area (Å²) in [5.41, 5.74) is 4.41. The van der Waals surface area contributed by atoms with Crippen molar-refractivity contribution in [1.29, 1.82) is 0 Å². The lowest BCUT2D eigenvalue weighted by Crippen LogP contribution is -2.13. The van der Waals surface area contributed by atoms with Crippen LogP contribution in [0.5, 0.6) is 0 Å². The molecule has 1 atom stereocenters. The summed E-state index contributed by atoms with van der Waals surface area (Å²) in [4.78, 5) is 19.6. The molecule has 0 N–H and O–H groups in total. The first-order valence-electron chi connectivity index (χ1n) is 12.2. The number of carbonyl (C=O) groups is 1. The van der Waals surface area contributed by atoms with Crippen molar-refractivity contribution in [3.63, 3.8) is 0 Å². The van der Waals surface area contributed by atoms with Gasteiger partial charge >= 0.3 is 0 Å². The van der Waals surface area contributed by atoms with E-state index in [1.807, 2.05) is 42.1 Å². The molecule has 1 unspecified atom stereocenters. The largest absolute Gasteiger partial charge is 0.346 e. The molecule has 3 aromatic carbocycles. The van der Waals surface area contributed by atoms with Gasteiger partial charge in [0.05, 0.1) is 11.4 Å². The molecule has 0 bridgehead atoms. The summed E-state index contributed by atoms with van der Waals surface area (Å²) in [6, 6.07) is 29.3. The molecule has 0 radical (unpaired) electrons. The Morgan fingerprint density at radius 3 is 2.44 bits per heavy atom. The van der Waals surface area contributed by atoms with E-state index in [0.717, 1.165) is 38.3 Å². The maximum absolute atomic E-state index is 12.4. The highest BCUT2D eigenvalue weighted by Gasteiger charge is 2.27. The molecule has 5 aromatic rings. The van der Waals surface area contributed by atoms with E-state index < -0.39 is 0 Å². The average molecular weight is 511 g/mol. The van der Waals surface area contributed by atoms with Gasteiger partial charge in [-0.15, -0.1) is 11.8 Å². The van der Waals surface area contributed by atoms with E-state index in [-0.39, 0.29) is 10.7 Å². The minimum Gasteiger partial charge on any atom is -0.346 e. The van der Waals surface area contributed by atoms with E-state index in [1.165, 1.54) is 15.8 Å². The minimum atomic E-state index is -0.215. The predicted octanol–water partition coefficient (Wildman–Crippen LogP) is 8.29. The summed E-state index contributed by atoms with van der Waals surface area (Å²) in [5, 5.41) is 3.31. The van der Waals surface area contributed by atoms with Crippen LogP contribution in [0.25, 0.3) is 21.8 Å². The van der Waals surface area contributed by atoms with Crippen LogP contribution in [0.4, 0.5) is 0 Å². The molecule has 0 saturated carbocycles. The highest BCUT2D eigenvalue weighted by atomic mass is 32.2. The van der Waals surface area contributed by atoms with Gasteiger partial charge in [0.25, 0.3) is 0 Å². The fraction of sp³-hybridized carbons (Fsp3) is 0.226. The molecule has 0 fully saturated rings. The topological polar surface area (TPSA) is 34.9 Å². The number of nitrogens with zero attached hydrogens (tertiary/aromatic N) is 2. The number of benzene rings is 3. The molecule has 2 aromatic heterocycles. The molecule has 182 valence electrons. The molecule has 0 aliphatic carbocycles. The smallest absolute Gasteiger partial charge is 0.129 e. The van der Waals surface area contributed by atoms with Gasteiger partial charge in [0, 0.05) is 43.6 Å². The van der Waals surface area contributed by atoms with Crippen molar-refractivity contribution in [2.45, 2.75) is 52.7 Å². The van der Waals surface area contributed by atoms with Crippen molar-refractivity contribution in [3.8, 4) is 0 Å². The van der Waals surface area contributed by atoms with Gasteiger partial charge in [0.1, 0.15) is 11.3 Å². The van der Waals surface area contributed by atoms with Gasteiger partial charge in [-0.05, 0) is 42.3 Å². The van der Waals surface area contributed by atoms with Gasteiger partial charge in [-0.3, -0.25) is 0 Å². The molecule has 0 amide bonds. The van der Waals surface area contributed by atoms with Gasteiger partial charge in [-0.25, -0.2) is 4.98 Å². The number of hydrogen-bond donors (Lipinski definition) is 0. The number of pyridine rings is 1. The number of para-hydroxylation sites is 1. The standard InChI is InChI=1S/C31H30N2OS2/c1-31(2,3)36-30-25-19-24(35-28-17-14-22-12-8-9-13-26(22)32-28)15-16-27(25)33(4)29(30)23(20-34)18-21-10-6-5-7-11-21/h5-17,19-20,23H,18H2,1-4H3. The van der Waals surface area contributed by atoms with Crippen LogP contribution >= 0.6 is 23.5 Å². The molecule has 0 aliphatic heterocycles. The first-order valence-corrected chi connectivity index (χ1v) is 13.8. The van der Waals surface area contributed by atoms with E-state index in [0.29, 0.717) is 6.42 Å². The second-order valence-electron chi connectivity index (χ2n) is 10.0. The summed E-state index contributed by atoms with van der Waals surface area (Å²) in [7, 11) is 2.09. The first-order chi connectivity index (χ1) is 17.3. The predicted molar refractivity (Wildman–Crippen MR) is 153 cm³/mol. The third-order valence-electron chi connectivity index (χ3n) is 6.19. The van der Waals surface area contributed by atoms with Crippen LogP contribution in [-0.4, -0.2) is 20.6 Å². The number of aldehydes is 1. The Kier molecular flexibility index (Phi) is 6.96. The fourth-order valence-electron chi connectivity index (χ4n) is 4.61. The molecule has 2 heterocycles. The lowest BCUT2D eigenvalue weighted by atomic mass is 9.97. The van der Waals surface area contributed by atoms with Crippen molar-refractivity contribution < 1.29 is 4.79 Å². The molecule has 36 heavy (non-hydrogen) atoms. The molecule has 5 heteroatoms. The summed E-state index contributed by atoms with van der Waals surface area (Å²) in [6.07, 6.45) is 1.80. The van der Waals surface area contributed by atoms with E-state index >= 15 is 0 Å². The Hall–Kier alpha value is -3.02. The lowest BCUT2D eigenvalue weighted by Gasteiger charge is -2.21. The van der Waals surface area contributed by atoms with E-state index in [4.69, 9.17) is 4.98 Å². The van der Waals surface area contributed by atoms with Crippen molar-refractivity contribution in [2.24, 2.45) is 7.05 Å². The van der Waals surface area contributed by atoms with E-state index in [9.17, 15) is 4.79 Å². The van der Waals surface area contributed by atoms with Crippen molar-refractivity contribution in [2.75, 3.05) is 0 Å². The van der Waals surface area contributed by atoms with E-state index in [1.54, 1.807) is 11.8 Å². The van der Waals surface area contributed by atoms with Crippen molar-refractivity contribution in [3.05, 3.63) is 96.2 Å². The molecule has 0 saturated heterocycles. The van der Waals surface area contributed by atoms with Gasteiger partial charge < -0.3 is 9.36 Å². The van der Waals surface area contributed by atoms with Crippen LogP contribution in [0.15, 0.2) is 99.7 Å². The van der Waals surface area contributed by atoms with Crippen LogP contribution in [0.2, 0.25) is 0 Å². The third-order valence-corrected chi connectivity index (χ3v) is 8.36. The van der Waals surface area contributed by atoms with Gasteiger partial charge in [-0.1, -0.05) is 87.1 Å². The Balaban J connectivity index is 1.58. The van der Waals surface area contributed by atoms with Crippen LogP contribution < -0.4 is 0 Å². The zero-order chi connectivity index (χ0) is 25.3. The maximum Gasteiger partial charge on any atom is 0.129 e. The molecule has 0 aliphatic rings. The van der Waals surface area contributed by atoms with Crippen LogP contribution in [0.3, 0.4) is 0 Å². The SMILES string of the molecule is Cn1c(C(C=O)Cc2ccccc2)c(SC(C)(C)C)c2cc(Sc3ccc4ccccc4n3)ccc21. The Morgan fingerprint density at radius 1 is 0.944 bits per heavy atom. The highest BCUT2D eigenvalue weighted by Crippen LogP contribution is 2.44. The van der Waals surface area contributed by atoms with Crippen LogP contribution in [0.1, 0.15) is 37.9 Å². The monoisotopic (exact) mass is 510 g/mol. The summed E-state index contributed by atoms with van der Waals surface area (Å²) in [5.74, 6) is -0.215. The average Bonchev–Trinajstić information content (AvgIpc) is 3.12. The number of fused-ring (bicyclic) bond motifs is 2. The molecular weight excluding hydrogens is 480 g/mol. The number of thioether (sulfide) groups is 1. The van der Waals surface area contributed by atoms with Gasteiger partial charge in [-0.2, -0.15) is 0 Å². The quantitative estimate of drug-likeness (QED) is 0.163. The molecular formula is C31H30N2OS2. The normalized spacial score (nSPS) is 12.8. The first kappa shape index (κ1) is 24.7. The Labute approximate surface area is 221 Å². The van der Waals surface area contributed by atoms with Crippen LogP contribution in [-0.2, 0) is 18.3 Å². The zero-order valence-electron chi connectivity index (χ0n) is 21.1. The highest BCUT2D eigenvalue weighted by molar-refractivity contribution is 8.01. The summed E-state index contributed by atoms with van der Waals surface area (Å²) in [6.45, 7) is 6.68. The zero-order valence-corrected chi connectivity index (χ0v) is 22.7. The molecule has 3 nitrogen and oxygen atoms in total. The number of aryl methyl sites for hydroxylation is 1. The lowest BCUT2D eigenvalue weighted by molar-refractivity contribution is -0.109. The number of rotatable bonds is 7. The number of carbonyl (C=O) groups excluding carboxylic acids is 1. The summed E-state index contributed by atoms with van der Waals surface area (Å²) < 4.78 is 2.22. The second-order valence-corrected chi connectivity index (χ2v) is 13.0. The molecule has 0 spiro atoms. The van der Waals surface area contributed by atoms with Crippen LogP contribution in [0, 0.1) is 0 Å². The fourth-order valence-corrected chi connectivity index (χ4v) is 6.72. The van der Waals surface area contributed by atoms with Gasteiger partial charge in [0.15, 0.2) is 0 Å². The maximum atomic E-state index is 12.4. The number of aromatic nitrogens is 2. The Morgan fingerprint density at radius 2 is 1.69 bits per heavy atom.